The Kier molecular flexibility index (Phi) is 4.84. The Morgan fingerprint density at radius 2 is 2.05 bits per heavy atom. The van der Waals surface area contributed by atoms with E-state index in [0.717, 1.165) is 6.07 Å². The van der Waals surface area contributed by atoms with Gasteiger partial charge in [0.25, 0.3) is 5.91 Å². The fourth-order valence-corrected chi connectivity index (χ4v) is 1.91. The van der Waals surface area contributed by atoms with Crippen LogP contribution >= 0.6 is 0 Å². The van der Waals surface area contributed by atoms with Crippen LogP contribution in [0.2, 0.25) is 0 Å². The third-order valence-electron chi connectivity index (χ3n) is 2.61. The summed E-state index contributed by atoms with van der Waals surface area (Å²) in [7, 11) is -2.10. The standard InChI is InChI=1S/C11H16FN3O3S/c1-7-9(12)5-8(6-10(7)13)11(16)15-3-4-19(17,18)14-2/h5-6,14H,3-4,13H2,1-2H3,(H,15,16). The second kappa shape index (κ2) is 5.98. The SMILES string of the molecule is CNS(=O)(=O)CCNC(=O)c1cc(N)c(C)c(F)c1. The van der Waals surface area contributed by atoms with Gasteiger partial charge >= 0.3 is 0 Å². The lowest BCUT2D eigenvalue weighted by atomic mass is 10.1. The molecule has 1 aromatic carbocycles. The van der Waals surface area contributed by atoms with Gasteiger partial charge in [0.2, 0.25) is 10.0 Å². The van der Waals surface area contributed by atoms with Crippen molar-refractivity contribution in [3.8, 4) is 0 Å². The number of benzene rings is 1. The number of nitrogens with two attached hydrogens (primary N) is 1. The molecule has 0 aliphatic carbocycles. The highest BCUT2D eigenvalue weighted by atomic mass is 32.2. The molecular weight excluding hydrogens is 273 g/mol. The minimum absolute atomic E-state index is 0.0578. The van der Waals surface area contributed by atoms with Crippen LogP contribution in [0.15, 0.2) is 12.1 Å². The predicted molar refractivity (Wildman–Crippen MR) is 70.7 cm³/mol. The van der Waals surface area contributed by atoms with E-state index in [2.05, 4.69) is 10.0 Å². The molecule has 0 atom stereocenters. The van der Waals surface area contributed by atoms with E-state index >= 15 is 0 Å². The Morgan fingerprint density at radius 1 is 1.42 bits per heavy atom. The molecule has 0 aliphatic heterocycles. The first-order valence-electron chi connectivity index (χ1n) is 5.52. The first-order valence-corrected chi connectivity index (χ1v) is 7.17. The number of amides is 1. The third kappa shape index (κ3) is 4.18. The number of nitrogen functional groups attached to an aromatic ring is 1. The van der Waals surface area contributed by atoms with Gasteiger partial charge in [-0.05, 0) is 26.1 Å². The van der Waals surface area contributed by atoms with Gasteiger partial charge in [-0.2, -0.15) is 0 Å². The van der Waals surface area contributed by atoms with E-state index in [1.165, 1.54) is 20.0 Å². The summed E-state index contributed by atoms with van der Waals surface area (Å²) in [5.41, 5.74) is 6.06. The number of rotatable bonds is 5. The number of carbonyl (C=O) groups is 1. The second-order valence-electron chi connectivity index (χ2n) is 3.95. The van der Waals surface area contributed by atoms with Crippen LogP contribution in [0.1, 0.15) is 15.9 Å². The normalized spacial score (nSPS) is 11.3. The summed E-state index contributed by atoms with van der Waals surface area (Å²) in [5.74, 6) is -1.40. The van der Waals surface area contributed by atoms with Crippen LogP contribution in [0.5, 0.6) is 0 Å². The minimum Gasteiger partial charge on any atom is -0.398 e. The maximum Gasteiger partial charge on any atom is 0.251 e. The Hall–Kier alpha value is -1.67. The number of hydrogen-bond acceptors (Lipinski definition) is 4. The van der Waals surface area contributed by atoms with Gasteiger partial charge < -0.3 is 11.1 Å². The molecule has 8 heteroatoms. The van der Waals surface area contributed by atoms with E-state index in [0.29, 0.717) is 0 Å². The summed E-state index contributed by atoms with van der Waals surface area (Å²) < 4.78 is 37.8. The molecule has 4 N–H and O–H groups in total. The van der Waals surface area contributed by atoms with E-state index in [1.807, 2.05) is 0 Å². The molecule has 0 saturated carbocycles. The fourth-order valence-electron chi connectivity index (χ4n) is 1.33. The van der Waals surface area contributed by atoms with Crippen molar-refractivity contribution >= 4 is 21.6 Å². The first-order chi connectivity index (χ1) is 8.76. The molecule has 106 valence electrons. The van der Waals surface area contributed by atoms with Crippen LogP contribution in [0.25, 0.3) is 0 Å². The van der Waals surface area contributed by atoms with E-state index in [9.17, 15) is 17.6 Å². The molecule has 1 aromatic rings. The van der Waals surface area contributed by atoms with Crippen molar-refractivity contribution < 1.29 is 17.6 Å². The number of halogens is 1. The van der Waals surface area contributed by atoms with Crippen LogP contribution in [-0.2, 0) is 10.0 Å². The highest BCUT2D eigenvalue weighted by Crippen LogP contribution is 2.17. The average molecular weight is 289 g/mol. The molecule has 0 aliphatic rings. The predicted octanol–water partition coefficient (Wildman–Crippen LogP) is -0.00468. The zero-order chi connectivity index (χ0) is 14.6. The van der Waals surface area contributed by atoms with Crippen molar-refractivity contribution in [3.63, 3.8) is 0 Å². The van der Waals surface area contributed by atoms with E-state index in [-0.39, 0.29) is 29.1 Å². The summed E-state index contributed by atoms with van der Waals surface area (Å²) in [6, 6.07) is 2.41. The second-order valence-corrected chi connectivity index (χ2v) is 6.00. The van der Waals surface area contributed by atoms with Crippen molar-refractivity contribution in [2.75, 3.05) is 25.1 Å². The Labute approximate surface area is 111 Å². The monoisotopic (exact) mass is 289 g/mol. The van der Waals surface area contributed by atoms with Crippen molar-refractivity contribution in [1.82, 2.24) is 10.0 Å². The van der Waals surface area contributed by atoms with E-state index < -0.39 is 21.7 Å². The Balaban J connectivity index is 2.70. The topological polar surface area (TPSA) is 101 Å². The van der Waals surface area contributed by atoms with Crippen LogP contribution in [0.3, 0.4) is 0 Å². The lowest BCUT2D eigenvalue weighted by molar-refractivity contribution is 0.0955. The van der Waals surface area contributed by atoms with Crippen LogP contribution in [0, 0.1) is 12.7 Å². The number of sulfonamides is 1. The highest BCUT2D eigenvalue weighted by molar-refractivity contribution is 7.89. The van der Waals surface area contributed by atoms with Crippen molar-refractivity contribution in [3.05, 3.63) is 29.1 Å². The van der Waals surface area contributed by atoms with Gasteiger partial charge in [-0.1, -0.05) is 0 Å². The molecule has 0 unspecified atom stereocenters. The van der Waals surface area contributed by atoms with Crippen molar-refractivity contribution in [1.29, 1.82) is 0 Å². The lowest BCUT2D eigenvalue weighted by Crippen LogP contribution is -2.33. The molecule has 6 nitrogen and oxygen atoms in total. The smallest absolute Gasteiger partial charge is 0.251 e. The van der Waals surface area contributed by atoms with Gasteiger partial charge in [-0.3, -0.25) is 4.79 Å². The molecule has 0 heterocycles. The molecular formula is C11H16FN3O3S. The zero-order valence-electron chi connectivity index (χ0n) is 10.7. The zero-order valence-corrected chi connectivity index (χ0v) is 11.5. The average Bonchev–Trinajstić information content (AvgIpc) is 2.35. The van der Waals surface area contributed by atoms with Crippen LogP contribution in [0.4, 0.5) is 10.1 Å². The van der Waals surface area contributed by atoms with Crippen LogP contribution < -0.4 is 15.8 Å². The number of nitrogens with one attached hydrogen (secondary N) is 2. The van der Waals surface area contributed by atoms with Crippen LogP contribution in [-0.4, -0.2) is 33.7 Å². The third-order valence-corrected chi connectivity index (χ3v) is 3.98. The number of carbonyl (C=O) groups excluding carboxylic acids is 1. The highest BCUT2D eigenvalue weighted by Gasteiger charge is 2.12. The molecule has 0 bridgehead atoms. The summed E-state index contributed by atoms with van der Waals surface area (Å²) in [5, 5.41) is 2.38. The molecule has 1 amide bonds. The first kappa shape index (κ1) is 15.4. The van der Waals surface area contributed by atoms with Gasteiger partial charge in [0.05, 0.1) is 5.75 Å². The van der Waals surface area contributed by atoms with Gasteiger partial charge in [-0.25, -0.2) is 17.5 Å². The van der Waals surface area contributed by atoms with Gasteiger partial charge in [0, 0.05) is 23.4 Å². The number of anilines is 1. The Bertz CT molecular complexity index is 564. The molecule has 19 heavy (non-hydrogen) atoms. The van der Waals surface area contributed by atoms with Gasteiger partial charge in [0.1, 0.15) is 5.82 Å². The molecule has 0 fully saturated rings. The molecule has 0 aromatic heterocycles. The lowest BCUT2D eigenvalue weighted by Gasteiger charge is -2.08. The van der Waals surface area contributed by atoms with Crippen molar-refractivity contribution in [2.45, 2.75) is 6.92 Å². The number of hydrogen-bond donors (Lipinski definition) is 3. The quantitative estimate of drug-likeness (QED) is 0.664. The van der Waals surface area contributed by atoms with Gasteiger partial charge in [-0.15, -0.1) is 0 Å². The van der Waals surface area contributed by atoms with Crippen molar-refractivity contribution in [2.24, 2.45) is 0 Å². The minimum atomic E-state index is -3.38. The molecule has 0 spiro atoms. The summed E-state index contributed by atoms with van der Waals surface area (Å²) in [4.78, 5) is 11.7. The van der Waals surface area contributed by atoms with Gasteiger partial charge in [0.15, 0.2) is 0 Å². The van der Waals surface area contributed by atoms with E-state index in [1.54, 1.807) is 0 Å². The fraction of sp³-hybridized carbons (Fsp3) is 0.364. The largest absolute Gasteiger partial charge is 0.398 e. The molecule has 1 rings (SSSR count). The maximum atomic E-state index is 13.4. The molecule has 0 saturated heterocycles. The summed E-state index contributed by atoms with van der Waals surface area (Å²) >= 11 is 0. The van der Waals surface area contributed by atoms with E-state index in [4.69, 9.17) is 5.73 Å². The Morgan fingerprint density at radius 3 is 2.58 bits per heavy atom. The summed E-state index contributed by atoms with van der Waals surface area (Å²) in [6.45, 7) is 1.43. The summed E-state index contributed by atoms with van der Waals surface area (Å²) in [6.07, 6.45) is 0. The maximum absolute atomic E-state index is 13.4. The molecule has 0 radical (unpaired) electrons.